The standard InChI is InChI=1S/C32H33BN2O5S/c1-2-21-17-25-30(32(38)35(31(25)37)19-24-9-6-14-41-24)26-18-33(39)40-28(29(21)26)12-11-22(27-10-3-4-13-34-27)15-20-7-5-8-23(36)16-20/h3-10,13-16,25-26,28,30,36,39H,2,11-12,17-19H2,1H3/b22-15-/t25-,26+,28-,30-/m1/s1. The van der Waals surface area contributed by atoms with E-state index in [0.717, 1.165) is 33.7 Å². The molecule has 4 heterocycles. The SMILES string of the molecule is CCC1=C2[C@@H](CC/C(=C/c3cccc(O)c3)c3ccccn3)OB(O)C[C@@H]2[C@@H]2C(=O)N(Cc3cccs3)C(=O)[C@@H]2C1. The summed E-state index contributed by atoms with van der Waals surface area (Å²) >= 11 is 1.54. The van der Waals surface area contributed by atoms with Crippen molar-refractivity contribution in [2.45, 2.75) is 51.6 Å². The van der Waals surface area contributed by atoms with Crippen LogP contribution in [0.2, 0.25) is 6.32 Å². The molecule has 1 aliphatic carbocycles. The molecule has 2 amide bonds. The zero-order chi connectivity index (χ0) is 28.5. The largest absolute Gasteiger partial charge is 0.508 e. The third kappa shape index (κ3) is 5.54. The molecule has 0 bridgehead atoms. The molecule has 0 radical (unpaired) electrons. The number of carbonyl (C=O) groups is 2. The van der Waals surface area contributed by atoms with Gasteiger partial charge in [-0.2, -0.15) is 0 Å². The van der Waals surface area contributed by atoms with Gasteiger partial charge in [0.2, 0.25) is 11.8 Å². The van der Waals surface area contributed by atoms with E-state index in [1.54, 1.807) is 35.7 Å². The topological polar surface area (TPSA) is 100.0 Å². The maximum Gasteiger partial charge on any atom is 0.455 e. The molecule has 41 heavy (non-hydrogen) atoms. The highest BCUT2D eigenvalue weighted by molar-refractivity contribution is 7.09. The highest BCUT2D eigenvalue weighted by Crippen LogP contribution is 2.51. The molecule has 0 saturated carbocycles. The minimum atomic E-state index is -1.01. The fourth-order valence-corrected chi connectivity index (χ4v) is 7.50. The van der Waals surface area contributed by atoms with Gasteiger partial charge in [-0.15, -0.1) is 11.3 Å². The summed E-state index contributed by atoms with van der Waals surface area (Å²) in [6, 6.07) is 16.8. The van der Waals surface area contributed by atoms with Crippen LogP contribution in [0.15, 0.2) is 77.3 Å². The molecule has 2 saturated heterocycles. The molecule has 3 aromatic rings. The van der Waals surface area contributed by atoms with Crippen LogP contribution in [-0.2, 0) is 20.8 Å². The molecule has 3 aliphatic rings. The van der Waals surface area contributed by atoms with Crippen molar-refractivity contribution in [1.82, 2.24) is 9.88 Å². The van der Waals surface area contributed by atoms with Gasteiger partial charge in [0.1, 0.15) is 5.75 Å². The van der Waals surface area contributed by atoms with E-state index in [4.69, 9.17) is 4.65 Å². The maximum absolute atomic E-state index is 13.7. The molecule has 7 nitrogen and oxygen atoms in total. The van der Waals surface area contributed by atoms with Gasteiger partial charge in [0.15, 0.2) is 0 Å². The van der Waals surface area contributed by atoms with E-state index in [9.17, 15) is 19.7 Å². The Balaban J connectivity index is 1.29. The molecule has 9 heteroatoms. The number of phenolic OH excluding ortho intramolecular Hbond substituents is 1. The van der Waals surface area contributed by atoms with Crippen LogP contribution in [-0.4, -0.2) is 45.1 Å². The number of nitrogens with zero attached hydrogens (tertiary/aromatic N) is 2. The Labute approximate surface area is 244 Å². The molecular formula is C32H33BN2O5S. The molecule has 4 atom stereocenters. The number of hydrogen-bond donors (Lipinski definition) is 2. The highest BCUT2D eigenvalue weighted by Gasteiger charge is 2.57. The van der Waals surface area contributed by atoms with Crippen LogP contribution in [0.1, 0.15) is 48.7 Å². The second-order valence-electron chi connectivity index (χ2n) is 11.0. The van der Waals surface area contributed by atoms with E-state index < -0.39 is 13.0 Å². The molecule has 210 valence electrons. The highest BCUT2D eigenvalue weighted by atomic mass is 32.1. The molecular weight excluding hydrogens is 535 g/mol. The molecule has 0 spiro atoms. The fraction of sp³-hybridized carbons (Fsp3) is 0.344. The lowest BCUT2D eigenvalue weighted by Crippen LogP contribution is -2.46. The van der Waals surface area contributed by atoms with Crippen molar-refractivity contribution >= 4 is 41.9 Å². The summed E-state index contributed by atoms with van der Waals surface area (Å²) < 4.78 is 6.17. The van der Waals surface area contributed by atoms with Crippen LogP contribution in [0, 0.1) is 17.8 Å². The normalized spacial score (nSPS) is 24.6. The lowest BCUT2D eigenvalue weighted by atomic mass is 9.58. The van der Waals surface area contributed by atoms with Gasteiger partial charge in [-0.3, -0.25) is 19.5 Å². The predicted octanol–water partition coefficient (Wildman–Crippen LogP) is 5.58. The van der Waals surface area contributed by atoms with Gasteiger partial charge in [0.25, 0.3) is 0 Å². The number of fused-ring (bicyclic) bond motifs is 3. The summed E-state index contributed by atoms with van der Waals surface area (Å²) in [6.07, 6.45) is 6.25. The summed E-state index contributed by atoms with van der Waals surface area (Å²) in [6.45, 7) is 2.40. The molecule has 6 rings (SSSR count). The number of aromatic nitrogens is 1. The van der Waals surface area contributed by atoms with Gasteiger partial charge in [-0.05, 0) is 96.4 Å². The third-order valence-corrected chi connectivity index (χ3v) is 9.46. The summed E-state index contributed by atoms with van der Waals surface area (Å²) in [5.41, 5.74) is 4.94. The lowest BCUT2D eigenvalue weighted by molar-refractivity contribution is -0.140. The molecule has 2 aromatic heterocycles. The van der Waals surface area contributed by atoms with E-state index in [-0.39, 0.29) is 35.5 Å². The quantitative estimate of drug-likeness (QED) is 0.209. The van der Waals surface area contributed by atoms with Crippen LogP contribution in [0.25, 0.3) is 11.6 Å². The number of carbonyl (C=O) groups excluding carboxylic acids is 2. The van der Waals surface area contributed by atoms with Gasteiger partial charge >= 0.3 is 7.12 Å². The van der Waals surface area contributed by atoms with Gasteiger partial charge < -0.3 is 14.8 Å². The van der Waals surface area contributed by atoms with Crippen molar-refractivity contribution in [3.8, 4) is 5.75 Å². The van der Waals surface area contributed by atoms with E-state index in [0.29, 0.717) is 32.1 Å². The van der Waals surface area contributed by atoms with Gasteiger partial charge in [0.05, 0.1) is 30.2 Å². The van der Waals surface area contributed by atoms with Crippen LogP contribution in [0.3, 0.4) is 0 Å². The number of pyridine rings is 1. The number of likely N-dealkylation sites (tertiary alicyclic amines) is 1. The first-order valence-electron chi connectivity index (χ1n) is 14.3. The number of allylic oxidation sites excluding steroid dienone is 2. The van der Waals surface area contributed by atoms with Gasteiger partial charge in [-0.1, -0.05) is 36.8 Å². The molecule has 1 aromatic carbocycles. The second-order valence-corrected chi connectivity index (χ2v) is 12.1. The zero-order valence-electron chi connectivity index (χ0n) is 23.0. The Kier molecular flexibility index (Phi) is 7.93. The summed E-state index contributed by atoms with van der Waals surface area (Å²) in [5, 5.41) is 22.8. The Morgan fingerprint density at radius 3 is 2.76 bits per heavy atom. The van der Waals surface area contributed by atoms with Crippen LogP contribution < -0.4 is 0 Å². The van der Waals surface area contributed by atoms with Crippen LogP contribution >= 0.6 is 11.3 Å². The van der Waals surface area contributed by atoms with Crippen molar-refractivity contribution in [3.05, 3.63) is 93.5 Å². The average molecular weight is 569 g/mol. The van der Waals surface area contributed by atoms with Crippen molar-refractivity contribution < 1.29 is 24.4 Å². The van der Waals surface area contributed by atoms with Crippen molar-refractivity contribution in [3.63, 3.8) is 0 Å². The molecule has 2 N–H and O–H groups in total. The first-order chi connectivity index (χ1) is 19.9. The lowest BCUT2D eigenvalue weighted by Gasteiger charge is -2.43. The molecule has 2 aliphatic heterocycles. The second kappa shape index (κ2) is 11.8. The Bertz CT molecular complexity index is 1490. The van der Waals surface area contributed by atoms with E-state index in [2.05, 4.69) is 11.9 Å². The number of rotatable bonds is 8. The number of benzene rings is 1. The smallest absolute Gasteiger partial charge is 0.455 e. The van der Waals surface area contributed by atoms with Gasteiger partial charge in [-0.25, -0.2) is 0 Å². The summed E-state index contributed by atoms with van der Waals surface area (Å²) in [5.74, 6) is -1.10. The number of aromatic hydroxyl groups is 1. The first kappa shape index (κ1) is 27.6. The number of hydrogen-bond acceptors (Lipinski definition) is 7. The van der Waals surface area contributed by atoms with Crippen molar-refractivity contribution in [1.29, 1.82) is 0 Å². The average Bonchev–Trinajstić information content (AvgIpc) is 3.57. The van der Waals surface area contributed by atoms with E-state index >= 15 is 0 Å². The predicted molar refractivity (Wildman–Crippen MR) is 159 cm³/mol. The van der Waals surface area contributed by atoms with Gasteiger partial charge in [0, 0.05) is 11.1 Å². The number of phenols is 1. The Morgan fingerprint density at radius 2 is 2.02 bits per heavy atom. The number of imide groups is 1. The van der Waals surface area contributed by atoms with Crippen molar-refractivity contribution in [2.24, 2.45) is 17.8 Å². The summed E-state index contributed by atoms with van der Waals surface area (Å²) in [7, 11) is -1.01. The van der Waals surface area contributed by atoms with E-state index in [1.807, 2.05) is 47.9 Å². The molecule has 2 fully saturated rings. The fourth-order valence-electron chi connectivity index (χ4n) is 6.81. The minimum Gasteiger partial charge on any atom is -0.508 e. The maximum atomic E-state index is 13.7. The van der Waals surface area contributed by atoms with Crippen LogP contribution in [0.4, 0.5) is 0 Å². The van der Waals surface area contributed by atoms with E-state index in [1.165, 1.54) is 10.5 Å². The van der Waals surface area contributed by atoms with Crippen molar-refractivity contribution in [2.75, 3.05) is 0 Å². The summed E-state index contributed by atoms with van der Waals surface area (Å²) in [4.78, 5) is 34.2. The third-order valence-electron chi connectivity index (χ3n) is 8.60. The number of amides is 2. The molecule has 0 unspecified atom stereocenters. The first-order valence-corrected chi connectivity index (χ1v) is 15.1. The minimum absolute atomic E-state index is 0.0950. The Morgan fingerprint density at radius 1 is 1.15 bits per heavy atom. The Hall–Kier alpha value is -3.53. The van der Waals surface area contributed by atoms with Crippen LogP contribution in [0.5, 0.6) is 5.75 Å². The number of thiophene rings is 1. The monoisotopic (exact) mass is 568 g/mol. The zero-order valence-corrected chi connectivity index (χ0v) is 23.8.